The molecule has 0 fully saturated rings. The summed E-state index contributed by atoms with van der Waals surface area (Å²) in [6.45, 7) is 4.24. The fourth-order valence-electron chi connectivity index (χ4n) is 3.09. The third kappa shape index (κ3) is 3.51. The Labute approximate surface area is 169 Å². The van der Waals surface area contributed by atoms with Crippen molar-refractivity contribution in [2.75, 3.05) is 0 Å². The third-order valence-corrected chi connectivity index (χ3v) is 5.86. The number of aryl methyl sites for hydroxylation is 2. The molecule has 0 spiro atoms. The lowest BCUT2D eigenvalue weighted by atomic mass is 10.1. The first-order valence-electron chi connectivity index (χ1n) is 8.96. The van der Waals surface area contributed by atoms with Gasteiger partial charge in [0, 0.05) is 34.0 Å². The molecule has 27 heavy (non-hydrogen) atoms. The topological polar surface area (TPSA) is 68.9 Å². The van der Waals surface area contributed by atoms with E-state index in [1.54, 1.807) is 28.4 Å². The van der Waals surface area contributed by atoms with Crippen molar-refractivity contribution in [1.29, 1.82) is 0 Å². The monoisotopic (exact) mass is 442 g/mol. The Balaban J connectivity index is 1.78. The summed E-state index contributed by atoms with van der Waals surface area (Å²) >= 11 is 5.22. The number of hydrogen-bond donors (Lipinski definition) is 0. The molecule has 0 aliphatic carbocycles. The van der Waals surface area contributed by atoms with Crippen LogP contribution in [-0.4, -0.2) is 29.5 Å². The van der Waals surface area contributed by atoms with Crippen LogP contribution < -0.4 is 0 Å². The summed E-state index contributed by atoms with van der Waals surface area (Å²) in [5.74, 6) is 0.849. The standard InChI is InChI=1S/C19H19BrN6S/c1-3-6-12-14(22-10-26-19(12)24-16(4-2)25-26)9-15-18(23-11-27-15)17-13(20)7-5-8-21-17/h5,7-8,10-11H,3-4,6,9H2,1-2H3. The van der Waals surface area contributed by atoms with Crippen LogP contribution >= 0.6 is 27.3 Å². The van der Waals surface area contributed by atoms with Gasteiger partial charge in [0.05, 0.1) is 11.2 Å². The number of fused-ring (bicyclic) bond motifs is 1. The highest BCUT2D eigenvalue weighted by Gasteiger charge is 2.18. The second-order valence-electron chi connectivity index (χ2n) is 6.20. The highest BCUT2D eigenvalue weighted by atomic mass is 79.9. The zero-order valence-corrected chi connectivity index (χ0v) is 17.6. The Kier molecular flexibility index (Phi) is 5.27. The van der Waals surface area contributed by atoms with Crippen molar-refractivity contribution in [2.24, 2.45) is 0 Å². The zero-order chi connectivity index (χ0) is 18.8. The van der Waals surface area contributed by atoms with Crippen LogP contribution in [0.3, 0.4) is 0 Å². The third-order valence-electron chi connectivity index (χ3n) is 4.38. The number of halogens is 1. The van der Waals surface area contributed by atoms with Gasteiger partial charge in [-0.1, -0.05) is 20.3 Å². The lowest BCUT2D eigenvalue weighted by Crippen LogP contribution is -2.04. The van der Waals surface area contributed by atoms with Gasteiger partial charge in [0.25, 0.3) is 0 Å². The van der Waals surface area contributed by atoms with E-state index in [-0.39, 0.29) is 0 Å². The molecule has 0 saturated carbocycles. The Morgan fingerprint density at radius 2 is 2.04 bits per heavy atom. The minimum absolute atomic E-state index is 0.711. The Morgan fingerprint density at radius 3 is 2.81 bits per heavy atom. The van der Waals surface area contributed by atoms with Crippen molar-refractivity contribution in [3.63, 3.8) is 0 Å². The van der Waals surface area contributed by atoms with Gasteiger partial charge in [0.15, 0.2) is 11.5 Å². The van der Waals surface area contributed by atoms with Gasteiger partial charge < -0.3 is 0 Å². The van der Waals surface area contributed by atoms with Crippen molar-refractivity contribution in [3.8, 4) is 11.4 Å². The molecule has 8 heteroatoms. The van der Waals surface area contributed by atoms with Crippen LogP contribution in [0.2, 0.25) is 0 Å². The van der Waals surface area contributed by atoms with E-state index >= 15 is 0 Å². The maximum atomic E-state index is 4.71. The number of nitrogens with zero attached hydrogens (tertiary/aromatic N) is 6. The van der Waals surface area contributed by atoms with Gasteiger partial charge >= 0.3 is 0 Å². The zero-order valence-electron chi connectivity index (χ0n) is 15.2. The molecule has 4 aromatic heterocycles. The minimum Gasteiger partial charge on any atom is -0.253 e. The van der Waals surface area contributed by atoms with Crippen molar-refractivity contribution in [1.82, 2.24) is 29.5 Å². The molecule has 0 radical (unpaired) electrons. The van der Waals surface area contributed by atoms with E-state index in [4.69, 9.17) is 9.97 Å². The molecule has 0 atom stereocenters. The Morgan fingerprint density at radius 1 is 1.15 bits per heavy atom. The summed E-state index contributed by atoms with van der Waals surface area (Å²) in [6.07, 6.45) is 7.05. The van der Waals surface area contributed by atoms with Crippen molar-refractivity contribution < 1.29 is 0 Å². The smallest absolute Gasteiger partial charge is 0.162 e. The molecule has 4 heterocycles. The fraction of sp³-hybridized carbons (Fsp3) is 0.316. The lowest BCUT2D eigenvalue weighted by Gasteiger charge is -2.09. The Bertz CT molecular complexity index is 1090. The van der Waals surface area contributed by atoms with Crippen molar-refractivity contribution >= 4 is 32.9 Å². The second kappa shape index (κ2) is 7.82. The average Bonchev–Trinajstić information content (AvgIpc) is 3.31. The highest BCUT2D eigenvalue weighted by molar-refractivity contribution is 9.10. The molecule has 0 saturated heterocycles. The predicted molar refractivity (Wildman–Crippen MR) is 110 cm³/mol. The van der Waals surface area contributed by atoms with Gasteiger partial charge in [-0.15, -0.1) is 16.4 Å². The number of hydrogen-bond acceptors (Lipinski definition) is 6. The van der Waals surface area contributed by atoms with E-state index in [1.165, 1.54) is 5.56 Å². The van der Waals surface area contributed by atoms with Crippen LogP contribution in [0.25, 0.3) is 17.0 Å². The van der Waals surface area contributed by atoms with Gasteiger partial charge in [-0.2, -0.15) is 0 Å². The van der Waals surface area contributed by atoms with Gasteiger partial charge in [0.1, 0.15) is 17.7 Å². The summed E-state index contributed by atoms with van der Waals surface area (Å²) in [6, 6.07) is 3.89. The number of thiazole rings is 1. The van der Waals surface area contributed by atoms with Crippen LogP contribution in [0.4, 0.5) is 0 Å². The SMILES string of the molecule is CCCc1c(Cc2scnc2-c2ncccc2Br)ncn2nc(CC)nc12. The first-order chi connectivity index (χ1) is 13.2. The van der Waals surface area contributed by atoms with Crippen LogP contribution in [0.15, 0.2) is 34.6 Å². The molecule has 138 valence electrons. The second-order valence-corrected chi connectivity index (χ2v) is 8.00. The molecular weight excluding hydrogens is 424 g/mol. The molecule has 4 rings (SSSR count). The van der Waals surface area contributed by atoms with E-state index in [1.807, 2.05) is 17.6 Å². The fourth-order valence-corrected chi connectivity index (χ4v) is 4.30. The maximum Gasteiger partial charge on any atom is 0.162 e. The average molecular weight is 443 g/mol. The molecule has 0 aliphatic heterocycles. The largest absolute Gasteiger partial charge is 0.253 e. The van der Waals surface area contributed by atoms with Crippen LogP contribution in [-0.2, 0) is 19.3 Å². The first-order valence-corrected chi connectivity index (χ1v) is 10.6. The number of pyridine rings is 1. The van der Waals surface area contributed by atoms with E-state index in [9.17, 15) is 0 Å². The van der Waals surface area contributed by atoms with E-state index in [0.29, 0.717) is 6.42 Å². The molecule has 0 unspecified atom stereocenters. The normalized spacial score (nSPS) is 11.4. The van der Waals surface area contributed by atoms with Crippen molar-refractivity contribution in [3.05, 3.63) is 56.6 Å². The molecule has 0 N–H and O–H groups in total. The van der Waals surface area contributed by atoms with Gasteiger partial charge in [0.2, 0.25) is 0 Å². The molecule has 4 aromatic rings. The van der Waals surface area contributed by atoms with Crippen LogP contribution in [0.5, 0.6) is 0 Å². The first kappa shape index (κ1) is 18.2. The number of rotatable bonds is 6. The maximum absolute atomic E-state index is 4.71. The minimum atomic E-state index is 0.711. The van der Waals surface area contributed by atoms with E-state index in [0.717, 1.165) is 57.2 Å². The van der Waals surface area contributed by atoms with Gasteiger partial charge in [-0.05, 0) is 34.5 Å². The summed E-state index contributed by atoms with van der Waals surface area (Å²) in [5.41, 5.74) is 6.78. The van der Waals surface area contributed by atoms with Crippen LogP contribution in [0.1, 0.15) is 42.2 Å². The predicted octanol–water partition coefficient (Wildman–Crippen LogP) is 4.51. The quantitative estimate of drug-likeness (QED) is 0.439. The van der Waals surface area contributed by atoms with Gasteiger partial charge in [-0.25, -0.2) is 19.5 Å². The molecule has 0 bridgehead atoms. The molecule has 0 amide bonds. The lowest BCUT2D eigenvalue weighted by molar-refractivity contribution is 0.826. The summed E-state index contributed by atoms with van der Waals surface area (Å²) in [4.78, 5) is 19.6. The van der Waals surface area contributed by atoms with Crippen molar-refractivity contribution in [2.45, 2.75) is 39.5 Å². The van der Waals surface area contributed by atoms with E-state index < -0.39 is 0 Å². The van der Waals surface area contributed by atoms with Crippen LogP contribution in [0, 0.1) is 0 Å². The Hall–Kier alpha value is -2.19. The molecular formula is C19H19BrN6S. The summed E-state index contributed by atoms with van der Waals surface area (Å²) < 4.78 is 2.75. The highest BCUT2D eigenvalue weighted by Crippen LogP contribution is 2.31. The molecule has 6 nitrogen and oxygen atoms in total. The summed E-state index contributed by atoms with van der Waals surface area (Å²) in [5, 5.41) is 4.51. The molecule has 0 aromatic carbocycles. The van der Waals surface area contributed by atoms with E-state index in [2.05, 4.69) is 44.8 Å². The summed E-state index contributed by atoms with van der Waals surface area (Å²) in [7, 11) is 0. The number of aromatic nitrogens is 6. The molecule has 0 aliphatic rings. The van der Waals surface area contributed by atoms with Gasteiger partial charge in [-0.3, -0.25) is 4.98 Å².